The first-order chi connectivity index (χ1) is 6.20. The van der Waals surface area contributed by atoms with Crippen LogP contribution in [0.5, 0.6) is 0 Å². The summed E-state index contributed by atoms with van der Waals surface area (Å²) >= 11 is 0. The first-order valence-electron chi connectivity index (χ1n) is 4.96. The number of carbonyl (C=O) groups excluding carboxylic acids is 1. The molecule has 0 radical (unpaired) electrons. The summed E-state index contributed by atoms with van der Waals surface area (Å²) in [5.41, 5.74) is 0. The lowest BCUT2D eigenvalue weighted by Gasteiger charge is -2.27. The van der Waals surface area contributed by atoms with E-state index in [0.717, 1.165) is 32.6 Å². The van der Waals surface area contributed by atoms with Crippen LogP contribution in [0, 0.1) is 0 Å². The summed E-state index contributed by atoms with van der Waals surface area (Å²) < 4.78 is 0. The van der Waals surface area contributed by atoms with Crippen LogP contribution in [0.15, 0.2) is 0 Å². The van der Waals surface area contributed by atoms with Gasteiger partial charge in [0.25, 0.3) is 0 Å². The lowest BCUT2D eigenvalue weighted by atomic mass is 10.3. The smallest absolute Gasteiger partial charge is 0.317 e. The van der Waals surface area contributed by atoms with Gasteiger partial charge in [-0.2, -0.15) is 0 Å². The topological polar surface area (TPSA) is 44.4 Å². The van der Waals surface area contributed by atoms with E-state index in [4.69, 9.17) is 0 Å². The molecule has 0 aromatic rings. The molecule has 13 heavy (non-hydrogen) atoms. The standard InChI is InChI=1S/C9H19N3O/c1-8(2)10-5-7-12-6-3-4-11-9(12)13/h8,10H,3-7H2,1-2H3,(H,11,13). The van der Waals surface area contributed by atoms with Crippen LogP contribution in [-0.2, 0) is 0 Å². The van der Waals surface area contributed by atoms with Crippen LogP contribution in [0.25, 0.3) is 0 Å². The van der Waals surface area contributed by atoms with E-state index in [1.54, 1.807) is 0 Å². The van der Waals surface area contributed by atoms with E-state index in [2.05, 4.69) is 24.5 Å². The average molecular weight is 185 g/mol. The van der Waals surface area contributed by atoms with Crippen molar-refractivity contribution in [2.24, 2.45) is 0 Å². The number of nitrogens with zero attached hydrogens (tertiary/aromatic N) is 1. The molecule has 2 amide bonds. The Morgan fingerprint density at radius 2 is 2.38 bits per heavy atom. The van der Waals surface area contributed by atoms with Crippen molar-refractivity contribution in [3.63, 3.8) is 0 Å². The van der Waals surface area contributed by atoms with Crippen molar-refractivity contribution in [3.05, 3.63) is 0 Å². The molecular formula is C9H19N3O. The second kappa shape index (κ2) is 5.07. The minimum Gasteiger partial charge on any atom is -0.338 e. The highest BCUT2D eigenvalue weighted by Crippen LogP contribution is 1.97. The molecule has 0 unspecified atom stereocenters. The van der Waals surface area contributed by atoms with Gasteiger partial charge in [0.15, 0.2) is 0 Å². The Morgan fingerprint density at radius 1 is 1.62 bits per heavy atom. The Kier molecular flexibility index (Phi) is 4.02. The largest absolute Gasteiger partial charge is 0.338 e. The summed E-state index contributed by atoms with van der Waals surface area (Å²) in [5, 5.41) is 6.12. The molecule has 0 spiro atoms. The summed E-state index contributed by atoms with van der Waals surface area (Å²) in [6, 6.07) is 0.574. The first-order valence-corrected chi connectivity index (χ1v) is 4.96. The van der Waals surface area contributed by atoms with Crippen molar-refractivity contribution < 1.29 is 4.79 Å². The molecule has 1 heterocycles. The maximum absolute atomic E-state index is 11.3. The van der Waals surface area contributed by atoms with Crippen LogP contribution < -0.4 is 10.6 Å². The van der Waals surface area contributed by atoms with Gasteiger partial charge in [0.05, 0.1) is 0 Å². The van der Waals surface area contributed by atoms with E-state index in [1.807, 2.05) is 4.90 Å². The monoisotopic (exact) mass is 185 g/mol. The van der Waals surface area contributed by atoms with Crippen LogP contribution in [0.2, 0.25) is 0 Å². The molecule has 1 fully saturated rings. The molecule has 76 valence electrons. The number of hydrogen-bond donors (Lipinski definition) is 2. The van der Waals surface area contributed by atoms with Gasteiger partial charge in [-0.15, -0.1) is 0 Å². The second-order valence-corrected chi connectivity index (χ2v) is 3.68. The Morgan fingerprint density at radius 3 is 3.00 bits per heavy atom. The molecule has 0 bridgehead atoms. The zero-order valence-corrected chi connectivity index (χ0v) is 8.47. The summed E-state index contributed by atoms with van der Waals surface area (Å²) in [6.07, 6.45) is 1.06. The predicted octanol–water partition coefficient (Wildman–Crippen LogP) is 0.400. The highest BCUT2D eigenvalue weighted by Gasteiger charge is 2.16. The van der Waals surface area contributed by atoms with Crippen molar-refractivity contribution in [3.8, 4) is 0 Å². The fourth-order valence-corrected chi connectivity index (χ4v) is 1.38. The van der Waals surface area contributed by atoms with Crippen molar-refractivity contribution in [1.82, 2.24) is 15.5 Å². The van der Waals surface area contributed by atoms with E-state index in [0.29, 0.717) is 6.04 Å². The number of rotatable bonds is 4. The lowest BCUT2D eigenvalue weighted by Crippen LogP contribution is -2.48. The highest BCUT2D eigenvalue weighted by molar-refractivity contribution is 5.74. The van der Waals surface area contributed by atoms with E-state index >= 15 is 0 Å². The number of nitrogens with one attached hydrogen (secondary N) is 2. The molecule has 1 aliphatic rings. The minimum absolute atomic E-state index is 0.0804. The van der Waals surface area contributed by atoms with Gasteiger partial charge in [0, 0.05) is 32.2 Å². The fourth-order valence-electron chi connectivity index (χ4n) is 1.38. The third-order valence-corrected chi connectivity index (χ3v) is 2.10. The lowest BCUT2D eigenvalue weighted by molar-refractivity contribution is 0.186. The van der Waals surface area contributed by atoms with E-state index in [1.165, 1.54) is 0 Å². The molecule has 1 saturated heterocycles. The number of hydrogen-bond acceptors (Lipinski definition) is 2. The van der Waals surface area contributed by atoms with Crippen LogP contribution in [0.1, 0.15) is 20.3 Å². The Hall–Kier alpha value is -0.770. The van der Waals surface area contributed by atoms with Crippen LogP contribution in [-0.4, -0.2) is 43.2 Å². The van der Waals surface area contributed by atoms with Gasteiger partial charge >= 0.3 is 6.03 Å². The third kappa shape index (κ3) is 3.63. The SMILES string of the molecule is CC(C)NCCN1CCCNC1=O. The van der Waals surface area contributed by atoms with E-state index in [-0.39, 0.29) is 6.03 Å². The quantitative estimate of drug-likeness (QED) is 0.666. The van der Waals surface area contributed by atoms with Gasteiger partial charge < -0.3 is 15.5 Å². The first kappa shape index (κ1) is 10.3. The fraction of sp³-hybridized carbons (Fsp3) is 0.889. The molecule has 0 aliphatic carbocycles. The Labute approximate surface area is 79.7 Å². The van der Waals surface area contributed by atoms with Crippen molar-refractivity contribution in [2.75, 3.05) is 26.2 Å². The van der Waals surface area contributed by atoms with Gasteiger partial charge in [-0.3, -0.25) is 0 Å². The molecule has 0 atom stereocenters. The Bertz CT molecular complexity index is 170. The minimum atomic E-state index is 0.0804. The molecule has 4 nitrogen and oxygen atoms in total. The molecular weight excluding hydrogens is 166 g/mol. The van der Waals surface area contributed by atoms with E-state index < -0.39 is 0 Å². The average Bonchev–Trinajstić information content (AvgIpc) is 2.08. The summed E-state index contributed by atoms with van der Waals surface area (Å²) in [7, 11) is 0. The molecule has 4 heteroatoms. The molecule has 1 rings (SSSR count). The molecule has 0 saturated carbocycles. The van der Waals surface area contributed by atoms with Gasteiger partial charge in [-0.05, 0) is 6.42 Å². The molecule has 0 aromatic carbocycles. The maximum Gasteiger partial charge on any atom is 0.317 e. The summed E-state index contributed by atoms with van der Waals surface area (Å²) in [6.45, 7) is 7.63. The van der Waals surface area contributed by atoms with Crippen molar-refractivity contribution in [1.29, 1.82) is 0 Å². The van der Waals surface area contributed by atoms with Gasteiger partial charge in [0.1, 0.15) is 0 Å². The zero-order chi connectivity index (χ0) is 9.68. The molecule has 1 aliphatic heterocycles. The predicted molar refractivity (Wildman–Crippen MR) is 52.7 cm³/mol. The van der Waals surface area contributed by atoms with Crippen molar-refractivity contribution >= 4 is 6.03 Å². The van der Waals surface area contributed by atoms with Crippen molar-refractivity contribution in [2.45, 2.75) is 26.3 Å². The number of urea groups is 1. The summed E-state index contributed by atoms with van der Waals surface area (Å²) in [5.74, 6) is 0. The second-order valence-electron chi connectivity index (χ2n) is 3.68. The maximum atomic E-state index is 11.3. The normalized spacial score (nSPS) is 17.8. The van der Waals surface area contributed by atoms with Crippen LogP contribution in [0.4, 0.5) is 4.79 Å². The molecule has 2 N–H and O–H groups in total. The van der Waals surface area contributed by atoms with Gasteiger partial charge in [-0.1, -0.05) is 13.8 Å². The third-order valence-electron chi connectivity index (χ3n) is 2.10. The van der Waals surface area contributed by atoms with Crippen LogP contribution in [0.3, 0.4) is 0 Å². The zero-order valence-electron chi connectivity index (χ0n) is 8.47. The van der Waals surface area contributed by atoms with Gasteiger partial charge in [-0.25, -0.2) is 4.79 Å². The Balaban J connectivity index is 2.15. The highest BCUT2D eigenvalue weighted by atomic mass is 16.2. The number of amides is 2. The number of carbonyl (C=O) groups is 1. The molecule has 0 aromatic heterocycles. The van der Waals surface area contributed by atoms with E-state index in [9.17, 15) is 4.79 Å². The summed E-state index contributed by atoms with van der Waals surface area (Å²) in [4.78, 5) is 13.1. The van der Waals surface area contributed by atoms with Gasteiger partial charge in [0.2, 0.25) is 0 Å². The van der Waals surface area contributed by atoms with Crippen LogP contribution >= 0.6 is 0 Å².